The second kappa shape index (κ2) is 7.92. The Morgan fingerprint density at radius 1 is 1.11 bits per heavy atom. The molecule has 2 aromatic carbocycles. The van der Waals surface area contributed by atoms with Crippen LogP contribution in [0.3, 0.4) is 0 Å². The lowest BCUT2D eigenvalue weighted by Gasteiger charge is -2.31. The lowest BCUT2D eigenvalue weighted by molar-refractivity contribution is -0.120. The van der Waals surface area contributed by atoms with Crippen LogP contribution in [0.5, 0.6) is 0 Å². The second-order valence-corrected chi connectivity index (χ2v) is 8.62. The van der Waals surface area contributed by atoms with Gasteiger partial charge in [0.15, 0.2) is 0 Å². The number of nitrogens with zero attached hydrogens (tertiary/aromatic N) is 1. The van der Waals surface area contributed by atoms with Gasteiger partial charge in [-0.15, -0.1) is 0 Å². The van der Waals surface area contributed by atoms with Crippen LogP contribution in [0.1, 0.15) is 12.8 Å². The smallest absolute Gasteiger partial charge is 0.243 e. The number of carbonyl (C=O) groups excluding carboxylic acids is 1. The summed E-state index contributed by atoms with van der Waals surface area (Å²) in [6.07, 6.45) is 0.888. The number of piperidine rings is 1. The summed E-state index contributed by atoms with van der Waals surface area (Å²) in [4.78, 5) is 12.5. The largest absolute Gasteiger partial charge is 0.321 e. The van der Waals surface area contributed by atoms with E-state index in [-0.39, 0.29) is 18.0 Å². The number of carbonyl (C=O) groups is 1. The molecule has 1 atom stereocenters. The Labute approximate surface area is 161 Å². The molecule has 1 aliphatic rings. The van der Waals surface area contributed by atoms with E-state index in [0.717, 1.165) is 12.1 Å². The molecule has 1 heterocycles. The maximum Gasteiger partial charge on any atom is 0.243 e. The van der Waals surface area contributed by atoms with Crippen LogP contribution in [0.4, 0.5) is 14.5 Å². The molecule has 0 aliphatic carbocycles. The molecule has 1 amide bonds. The van der Waals surface area contributed by atoms with Crippen LogP contribution in [0, 0.1) is 17.6 Å². The zero-order valence-corrected chi connectivity index (χ0v) is 15.7. The van der Waals surface area contributed by atoms with Gasteiger partial charge in [0.25, 0.3) is 0 Å². The number of hydrogen-bond acceptors (Lipinski definition) is 3. The van der Waals surface area contributed by atoms with Gasteiger partial charge in [-0.05, 0) is 49.2 Å². The Hall–Kier alpha value is -2.03. The number of sulfonamides is 1. The van der Waals surface area contributed by atoms with Gasteiger partial charge < -0.3 is 5.32 Å². The zero-order chi connectivity index (χ0) is 19.6. The highest BCUT2D eigenvalue weighted by Crippen LogP contribution is 2.26. The first-order valence-electron chi connectivity index (χ1n) is 8.29. The summed E-state index contributed by atoms with van der Waals surface area (Å²) in [5, 5.41) is 2.65. The van der Waals surface area contributed by atoms with Crippen molar-refractivity contribution >= 4 is 33.2 Å². The molecular weight excluding hydrogens is 398 g/mol. The topological polar surface area (TPSA) is 66.5 Å². The maximum absolute atomic E-state index is 13.7. The standard InChI is InChI=1S/C18H17ClF2N2O3S/c19-13-6-8-14(9-7-13)27(25,26)23-10-2-3-12(11-23)18(24)22-17-15(20)4-1-5-16(17)21/h1,4-9,12H,2-3,10-11H2,(H,22,24)/t12-/m1/s1. The minimum atomic E-state index is -3.79. The Bertz CT molecular complexity index is 931. The number of para-hydroxylation sites is 1. The lowest BCUT2D eigenvalue weighted by atomic mass is 9.98. The van der Waals surface area contributed by atoms with Crippen LogP contribution in [0.2, 0.25) is 5.02 Å². The Morgan fingerprint density at radius 2 is 1.74 bits per heavy atom. The van der Waals surface area contributed by atoms with Crippen LogP contribution in [-0.2, 0) is 14.8 Å². The predicted molar refractivity (Wildman–Crippen MR) is 97.9 cm³/mol. The van der Waals surface area contributed by atoms with Crippen LogP contribution in [-0.4, -0.2) is 31.7 Å². The molecule has 0 spiro atoms. The van der Waals surface area contributed by atoms with Crippen LogP contribution in [0.25, 0.3) is 0 Å². The molecule has 0 unspecified atom stereocenters. The summed E-state index contributed by atoms with van der Waals surface area (Å²) >= 11 is 5.79. The van der Waals surface area contributed by atoms with Crippen LogP contribution >= 0.6 is 11.6 Å². The van der Waals surface area contributed by atoms with E-state index in [1.807, 2.05) is 0 Å². The molecule has 3 rings (SSSR count). The van der Waals surface area contributed by atoms with Gasteiger partial charge in [0.2, 0.25) is 15.9 Å². The van der Waals surface area contributed by atoms with Gasteiger partial charge in [-0.3, -0.25) is 4.79 Å². The van der Waals surface area contributed by atoms with Crippen molar-refractivity contribution in [3.05, 3.63) is 59.1 Å². The monoisotopic (exact) mass is 414 g/mol. The number of nitrogens with one attached hydrogen (secondary N) is 1. The maximum atomic E-state index is 13.7. The van der Waals surface area contributed by atoms with Gasteiger partial charge in [0.1, 0.15) is 17.3 Å². The van der Waals surface area contributed by atoms with Crippen molar-refractivity contribution in [2.75, 3.05) is 18.4 Å². The van der Waals surface area contributed by atoms with E-state index in [0.29, 0.717) is 17.9 Å². The summed E-state index contributed by atoms with van der Waals surface area (Å²) in [5.41, 5.74) is -0.528. The van der Waals surface area contributed by atoms with E-state index < -0.39 is 39.2 Å². The lowest BCUT2D eigenvalue weighted by Crippen LogP contribution is -2.43. The van der Waals surface area contributed by atoms with Crippen molar-refractivity contribution < 1.29 is 22.0 Å². The average molecular weight is 415 g/mol. The number of rotatable bonds is 4. The number of hydrogen-bond donors (Lipinski definition) is 1. The molecule has 144 valence electrons. The van der Waals surface area contributed by atoms with Crippen molar-refractivity contribution in [3.8, 4) is 0 Å². The molecule has 2 aromatic rings. The summed E-state index contributed by atoms with van der Waals surface area (Å²) < 4.78 is 54.2. The van der Waals surface area contributed by atoms with Crippen molar-refractivity contribution in [1.82, 2.24) is 4.31 Å². The minimum absolute atomic E-state index is 0.0626. The first kappa shape index (κ1) is 19.7. The molecule has 0 radical (unpaired) electrons. The van der Waals surface area contributed by atoms with Crippen molar-refractivity contribution in [2.24, 2.45) is 5.92 Å². The average Bonchev–Trinajstić information content (AvgIpc) is 2.65. The highest BCUT2D eigenvalue weighted by atomic mass is 35.5. The number of amides is 1. The third-order valence-corrected chi connectivity index (χ3v) is 6.55. The van der Waals surface area contributed by atoms with Gasteiger partial charge >= 0.3 is 0 Å². The molecule has 1 fully saturated rings. The molecule has 0 bridgehead atoms. The fourth-order valence-corrected chi connectivity index (χ4v) is 4.62. The van der Waals surface area contributed by atoms with Crippen molar-refractivity contribution in [1.29, 1.82) is 0 Å². The fourth-order valence-electron chi connectivity index (χ4n) is 2.97. The molecule has 5 nitrogen and oxygen atoms in total. The van der Waals surface area contributed by atoms with E-state index in [1.165, 1.54) is 34.6 Å². The fraction of sp³-hybridized carbons (Fsp3) is 0.278. The molecule has 0 aromatic heterocycles. The normalized spacial score (nSPS) is 18.3. The SMILES string of the molecule is O=C(Nc1c(F)cccc1F)[C@@H]1CCCN(S(=O)(=O)c2ccc(Cl)cc2)C1. The zero-order valence-electron chi connectivity index (χ0n) is 14.2. The van der Waals surface area contributed by atoms with E-state index >= 15 is 0 Å². The molecular formula is C18H17ClF2N2O3S. The third kappa shape index (κ3) is 4.28. The van der Waals surface area contributed by atoms with Crippen LogP contribution < -0.4 is 5.32 Å². The Balaban J connectivity index is 1.75. The van der Waals surface area contributed by atoms with Gasteiger partial charge in [-0.25, -0.2) is 17.2 Å². The van der Waals surface area contributed by atoms with Crippen molar-refractivity contribution in [3.63, 3.8) is 0 Å². The summed E-state index contributed by atoms with van der Waals surface area (Å²) in [7, 11) is -3.79. The first-order chi connectivity index (χ1) is 12.8. The summed E-state index contributed by atoms with van der Waals surface area (Å²) in [5.74, 6) is -3.09. The highest BCUT2D eigenvalue weighted by Gasteiger charge is 2.33. The van der Waals surface area contributed by atoms with Gasteiger partial charge in [0.05, 0.1) is 10.8 Å². The van der Waals surface area contributed by atoms with E-state index in [2.05, 4.69) is 5.32 Å². The van der Waals surface area contributed by atoms with Crippen molar-refractivity contribution in [2.45, 2.75) is 17.7 Å². The van der Waals surface area contributed by atoms with Gasteiger partial charge in [-0.1, -0.05) is 17.7 Å². The number of anilines is 1. The molecule has 27 heavy (non-hydrogen) atoms. The third-order valence-electron chi connectivity index (χ3n) is 4.42. The van der Waals surface area contributed by atoms with E-state index in [4.69, 9.17) is 11.6 Å². The summed E-state index contributed by atoms with van der Waals surface area (Å²) in [6, 6.07) is 9.02. The number of halogens is 3. The first-order valence-corrected chi connectivity index (χ1v) is 10.1. The molecule has 1 N–H and O–H groups in total. The highest BCUT2D eigenvalue weighted by molar-refractivity contribution is 7.89. The number of benzene rings is 2. The van der Waals surface area contributed by atoms with Gasteiger partial charge in [-0.2, -0.15) is 4.31 Å². The molecule has 0 saturated carbocycles. The Morgan fingerprint density at radius 3 is 2.37 bits per heavy atom. The van der Waals surface area contributed by atoms with Gasteiger partial charge in [0, 0.05) is 18.1 Å². The molecule has 1 saturated heterocycles. The predicted octanol–water partition coefficient (Wildman–Crippen LogP) is 3.66. The quantitative estimate of drug-likeness (QED) is 0.830. The second-order valence-electron chi connectivity index (χ2n) is 6.24. The van der Waals surface area contributed by atoms with E-state index in [9.17, 15) is 22.0 Å². The molecule has 9 heteroatoms. The summed E-state index contributed by atoms with van der Waals surface area (Å²) in [6.45, 7) is 0.204. The van der Waals surface area contributed by atoms with Crippen LogP contribution in [0.15, 0.2) is 47.4 Å². The Kier molecular flexibility index (Phi) is 5.78. The minimum Gasteiger partial charge on any atom is -0.321 e. The molecule has 1 aliphatic heterocycles. The van der Waals surface area contributed by atoms with E-state index in [1.54, 1.807) is 0 Å².